The maximum atomic E-state index is 13.3. The van der Waals surface area contributed by atoms with Crippen molar-refractivity contribution in [3.8, 4) is 11.5 Å². The van der Waals surface area contributed by atoms with Crippen molar-refractivity contribution >= 4 is 11.8 Å². The Morgan fingerprint density at radius 2 is 1.61 bits per heavy atom. The van der Waals surface area contributed by atoms with Crippen molar-refractivity contribution < 1.29 is 19.1 Å². The normalized spacial score (nSPS) is 16.9. The van der Waals surface area contributed by atoms with Crippen molar-refractivity contribution in [2.45, 2.75) is 52.5 Å². The first-order chi connectivity index (χ1) is 13.5. The van der Waals surface area contributed by atoms with Crippen LogP contribution < -0.4 is 9.47 Å². The summed E-state index contributed by atoms with van der Waals surface area (Å²) in [7, 11) is 3.24. The number of hydrogen-bond donors (Lipinski definition) is 0. The van der Waals surface area contributed by atoms with Crippen LogP contribution in [0.2, 0.25) is 0 Å². The summed E-state index contributed by atoms with van der Waals surface area (Å²) in [5.41, 5.74) is 1.43. The van der Waals surface area contributed by atoms with Crippen LogP contribution in [0.1, 0.15) is 50.7 Å². The van der Waals surface area contributed by atoms with Crippen LogP contribution in [0.5, 0.6) is 11.5 Å². The van der Waals surface area contributed by atoms with Crippen LogP contribution in [0.3, 0.4) is 0 Å². The molecule has 1 aromatic carbocycles. The second-order valence-electron chi connectivity index (χ2n) is 7.83. The number of ether oxygens (including phenoxy) is 2. The molecule has 2 amide bonds. The number of rotatable bonds is 8. The van der Waals surface area contributed by atoms with E-state index in [1.807, 2.05) is 21.9 Å². The number of hydrogen-bond acceptors (Lipinski definition) is 4. The van der Waals surface area contributed by atoms with Gasteiger partial charge in [-0.1, -0.05) is 13.8 Å². The summed E-state index contributed by atoms with van der Waals surface area (Å²) in [6.07, 6.45) is 3.93. The summed E-state index contributed by atoms with van der Waals surface area (Å²) in [4.78, 5) is 30.3. The Morgan fingerprint density at radius 3 is 2.11 bits per heavy atom. The lowest BCUT2D eigenvalue weighted by molar-refractivity contribution is -0.150. The molecule has 6 heteroatoms. The Bertz CT molecular complexity index is 736. The van der Waals surface area contributed by atoms with E-state index in [1.165, 1.54) is 5.56 Å². The number of carbonyl (C=O) groups excluding carboxylic acids is 2. The molecule has 1 aliphatic heterocycles. The predicted molar refractivity (Wildman–Crippen MR) is 107 cm³/mol. The average molecular weight is 389 g/mol. The van der Waals surface area contributed by atoms with Crippen LogP contribution in [0.15, 0.2) is 12.1 Å². The summed E-state index contributed by atoms with van der Waals surface area (Å²) < 4.78 is 10.8. The molecule has 1 saturated carbocycles. The Balaban J connectivity index is 1.78. The highest BCUT2D eigenvalue weighted by atomic mass is 16.5. The van der Waals surface area contributed by atoms with Gasteiger partial charge in [-0.3, -0.25) is 9.59 Å². The molecule has 1 fully saturated rings. The lowest BCUT2D eigenvalue weighted by atomic mass is 9.95. The van der Waals surface area contributed by atoms with Crippen molar-refractivity contribution in [3.05, 3.63) is 23.3 Å². The average Bonchev–Trinajstić information content (AvgIpc) is 3.53. The largest absolute Gasteiger partial charge is 0.493 e. The van der Waals surface area contributed by atoms with Crippen LogP contribution in [-0.2, 0) is 22.6 Å². The van der Waals surface area contributed by atoms with Gasteiger partial charge in [-0.15, -0.1) is 0 Å². The van der Waals surface area contributed by atoms with E-state index in [0.717, 1.165) is 37.9 Å². The van der Waals surface area contributed by atoms with Crippen molar-refractivity contribution in [1.82, 2.24) is 9.80 Å². The number of fused-ring (bicyclic) bond motifs is 1. The summed E-state index contributed by atoms with van der Waals surface area (Å²) in [6, 6.07) is 3.95. The van der Waals surface area contributed by atoms with Gasteiger partial charge < -0.3 is 19.3 Å². The Morgan fingerprint density at radius 1 is 1.04 bits per heavy atom. The smallest absolute Gasteiger partial charge is 0.238 e. The molecule has 1 aromatic rings. The topological polar surface area (TPSA) is 59.1 Å². The van der Waals surface area contributed by atoms with Crippen LogP contribution in [0.4, 0.5) is 0 Å². The number of carbonyl (C=O) groups is 2. The van der Waals surface area contributed by atoms with Gasteiger partial charge in [-0.25, -0.2) is 0 Å². The van der Waals surface area contributed by atoms with E-state index in [0.29, 0.717) is 37.4 Å². The molecule has 1 aliphatic carbocycles. The minimum absolute atomic E-state index is 0.00450. The molecule has 28 heavy (non-hydrogen) atoms. The Labute approximate surface area is 167 Å². The lowest BCUT2D eigenvalue weighted by Crippen LogP contribution is -2.48. The van der Waals surface area contributed by atoms with Gasteiger partial charge in [-0.2, -0.15) is 0 Å². The highest BCUT2D eigenvalue weighted by Crippen LogP contribution is 2.49. The molecular weight excluding hydrogens is 356 g/mol. The second-order valence-corrected chi connectivity index (χ2v) is 7.83. The van der Waals surface area contributed by atoms with Crippen molar-refractivity contribution in [3.63, 3.8) is 0 Å². The second kappa shape index (κ2) is 8.41. The van der Waals surface area contributed by atoms with Crippen molar-refractivity contribution in [1.29, 1.82) is 0 Å². The van der Waals surface area contributed by atoms with E-state index in [1.54, 1.807) is 14.2 Å². The fourth-order valence-electron chi connectivity index (χ4n) is 4.16. The highest BCUT2D eigenvalue weighted by molar-refractivity contribution is 6.07. The molecule has 2 aliphatic rings. The summed E-state index contributed by atoms with van der Waals surface area (Å²) in [6.45, 7) is 6.74. The molecule has 0 unspecified atom stereocenters. The molecule has 154 valence electrons. The summed E-state index contributed by atoms with van der Waals surface area (Å²) in [5.74, 6) is 1.41. The van der Waals surface area contributed by atoms with Gasteiger partial charge in [0.25, 0.3) is 0 Å². The van der Waals surface area contributed by atoms with Gasteiger partial charge in [-0.05, 0) is 55.4 Å². The molecule has 0 N–H and O–H groups in total. The third-order valence-corrected chi connectivity index (χ3v) is 5.85. The zero-order valence-corrected chi connectivity index (χ0v) is 17.5. The van der Waals surface area contributed by atoms with Gasteiger partial charge in [0.15, 0.2) is 11.5 Å². The Hall–Kier alpha value is -2.24. The molecule has 0 bridgehead atoms. The molecule has 3 rings (SSSR count). The fourth-order valence-corrected chi connectivity index (χ4v) is 4.16. The standard InChI is InChI=1S/C22H32N2O4/c1-5-10-23(11-6-2)20(25)22(8-9-22)21(26)24-12-7-16-13-18(27-3)19(28-4)14-17(16)15-24/h13-14H,5-12,15H2,1-4H3. The number of benzene rings is 1. The van der Waals surface area contributed by atoms with Crippen LogP contribution in [0.25, 0.3) is 0 Å². The molecular formula is C22H32N2O4. The zero-order valence-electron chi connectivity index (χ0n) is 17.5. The Kier molecular flexibility index (Phi) is 6.16. The SMILES string of the molecule is CCCN(CCC)C(=O)C1(C(=O)N2CCc3cc(OC)c(OC)cc3C2)CC1. The minimum Gasteiger partial charge on any atom is -0.493 e. The minimum atomic E-state index is -0.821. The van der Waals surface area contributed by atoms with E-state index >= 15 is 0 Å². The third-order valence-electron chi connectivity index (χ3n) is 5.85. The van der Waals surface area contributed by atoms with E-state index in [-0.39, 0.29) is 11.8 Å². The summed E-state index contributed by atoms with van der Waals surface area (Å²) >= 11 is 0. The van der Waals surface area contributed by atoms with Crippen LogP contribution in [-0.4, -0.2) is 55.5 Å². The highest BCUT2D eigenvalue weighted by Gasteiger charge is 2.59. The van der Waals surface area contributed by atoms with Gasteiger partial charge in [0.2, 0.25) is 11.8 Å². The first-order valence-corrected chi connectivity index (χ1v) is 10.3. The van der Waals surface area contributed by atoms with E-state index in [2.05, 4.69) is 13.8 Å². The van der Waals surface area contributed by atoms with E-state index in [9.17, 15) is 9.59 Å². The maximum Gasteiger partial charge on any atom is 0.238 e. The van der Waals surface area contributed by atoms with Crippen LogP contribution in [0, 0.1) is 5.41 Å². The monoisotopic (exact) mass is 388 g/mol. The third kappa shape index (κ3) is 3.69. The van der Waals surface area contributed by atoms with E-state index < -0.39 is 5.41 Å². The summed E-state index contributed by atoms with van der Waals surface area (Å²) in [5, 5.41) is 0. The molecule has 0 aromatic heterocycles. The zero-order chi connectivity index (χ0) is 20.3. The number of nitrogens with zero attached hydrogens (tertiary/aromatic N) is 2. The van der Waals surface area contributed by atoms with Crippen molar-refractivity contribution in [2.24, 2.45) is 5.41 Å². The first-order valence-electron chi connectivity index (χ1n) is 10.3. The molecule has 1 heterocycles. The molecule has 6 nitrogen and oxygen atoms in total. The number of methoxy groups -OCH3 is 2. The number of amides is 2. The first kappa shape index (κ1) is 20.5. The molecule has 0 spiro atoms. The van der Waals surface area contributed by atoms with Gasteiger partial charge in [0, 0.05) is 26.2 Å². The predicted octanol–water partition coefficient (Wildman–Crippen LogP) is 3.02. The molecule has 0 radical (unpaired) electrons. The molecule has 0 atom stereocenters. The van der Waals surface area contributed by atoms with E-state index in [4.69, 9.17) is 9.47 Å². The van der Waals surface area contributed by atoms with Gasteiger partial charge in [0.1, 0.15) is 5.41 Å². The lowest BCUT2D eigenvalue weighted by Gasteiger charge is -2.34. The quantitative estimate of drug-likeness (QED) is 0.643. The molecule has 0 saturated heterocycles. The van der Waals surface area contributed by atoms with Gasteiger partial charge in [0.05, 0.1) is 14.2 Å². The fraction of sp³-hybridized carbons (Fsp3) is 0.636. The van der Waals surface area contributed by atoms with Gasteiger partial charge >= 0.3 is 0 Å². The maximum absolute atomic E-state index is 13.3. The van der Waals surface area contributed by atoms with Crippen molar-refractivity contribution in [2.75, 3.05) is 33.9 Å². The van der Waals surface area contributed by atoms with Crippen LogP contribution >= 0.6 is 0 Å².